The lowest BCUT2D eigenvalue weighted by Gasteiger charge is -2.08. The molecule has 1 fully saturated rings. The Bertz CT molecular complexity index is 866. The maximum atomic E-state index is 11.7. The molecule has 1 saturated heterocycles. The van der Waals surface area contributed by atoms with Gasteiger partial charge in [-0.15, -0.1) is 5.10 Å². The highest BCUT2D eigenvalue weighted by Gasteiger charge is 2.32. The molecule has 0 bridgehead atoms. The third-order valence-electron chi connectivity index (χ3n) is 3.57. The largest absolute Gasteiger partial charge is 0.491 e. The first-order chi connectivity index (χ1) is 13.1. The summed E-state index contributed by atoms with van der Waals surface area (Å²) in [5.41, 5.74) is 0.740. The molecule has 27 heavy (non-hydrogen) atoms. The molecule has 0 aliphatic carbocycles. The van der Waals surface area contributed by atoms with Crippen molar-refractivity contribution < 1.29 is 19.4 Å². The number of amidine groups is 1. The van der Waals surface area contributed by atoms with E-state index in [1.165, 1.54) is 6.21 Å². The van der Waals surface area contributed by atoms with Crippen LogP contribution in [0.3, 0.4) is 0 Å². The van der Waals surface area contributed by atoms with Gasteiger partial charge in [0.25, 0.3) is 0 Å². The molecule has 3 rings (SSSR count). The number of para-hydroxylation sites is 1. The quantitative estimate of drug-likeness (QED) is 0.522. The van der Waals surface area contributed by atoms with E-state index in [0.29, 0.717) is 18.9 Å². The summed E-state index contributed by atoms with van der Waals surface area (Å²) in [4.78, 5) is 26.4. The molecule has 1 aliphatic heterocycles. The number of aromatic nitrogens is 2. The summed E-state index contributed by atoms with van der Waals surface area (Å²) >= 11 is 1.05. The van der Waals surface area contributed by atoms with E-state index >= 15 is 0 Å². The van der Waals surface area contributed by atoms with Crippen molar-refractivity contribution in [3.63, 3.8) is 0 Å². The van der Waals surface area contributed by atoms with Gasteiger partial charge in [-0.3, -0.25) is 9.59 Å². The number of nitrogens with one attached hydrogen (secondary N) is 1. The van der Waals surface area contributed by atoms with E-state index < -0.39 is 11.2 Å². The molecule has 1 amide bonds. The summed E-state index contributed by atoms with van der Waals surface area (Å²) in [6.45, 7) is 1.14. The fourth-order valence-electron chi connectivity index (χ4n) is 2.29. The number of carboxylic acid groups (broad SMARTS) is 1. The van der Waals surface area contributed by atoms with Gasteiger partial charge in [0.05, 0.1) is 25.5 Å². The number of benzene rings is 1. The molecule has 1 aromatic heterocycles. The molecule has 9 nitrogen and oxygen atoms in total. The number of carbonyl (C=O) groups is 2. The lowest BCUT2D eigenvalue weighted by Crippen LogP contribution is -2.26. The molecular formula is C17H17N5O4S. The summed E-state index contributed by atoms with van der Waals surface area (Å²) < 4.78 is 7.70. The molecule has 140 valence electrons. The van der Waals surface area contributed by atoms with Gasteiger partial charge in [0.2, 0.25) is 5.91 Å². The Balaban J connectivity index is 1.58. The molecule has 2 aromatic rings. The highest BCUT2D eigenvalue weighted by Crippen LogP contribution is 2.22. The van der Waals surface area contributed by atoms with E-state index in [0.717, 1.165) is 17.3 Å². The zero-order valence-electron chi connectivity index (χ0n) is 14.2. The predicted octanol–water partition coefficient (Wildman–Crippen LogP) is 1.36. The smallest absolute Gasteiger partial charge is 0.305 e. The van der Waals surface area contributed by atoms with Crippen molar-refractivity contribution in [3.8, 4) is 5.75 Å². The highest BCUT2D eigenvalue weighted by atomic mass is 32.2. The lowest BCUT2D eigenvalue weighted by atomic mass is 10.2. The molecule has 2 N–H and O–H groups in total. The van der Waals surface area contributed by atoms with E-state index in [9.17, 15) is 9.59 Å². The zero-order chi connectivity index (χ0) is 19.1. The minimum Gasteiger partial charge on any atom is -0.491 e. The van der Waals surface area contributed by atoms with Crippen LogP contribution in [0.25, 0.3) is 0 Å². The number of rotatable bonds is 8. The second kappa shape index (κ2) is 8.99. The Morgan fingerprint density at radius 3 is 3.07 bits per heavy atom. The van der Waals surface area contributed by atoms with Gasteiger partial charge < -0.3 is 19.7 Å². The molecule has 0 radical (unpaired) electrons. The van der Waals surface area contributed by atoms with Gasteiger partial charge in [0.15, 0.2) is 5.17 Å². The van der Waals surface area contributed by atoms with E-state index in [2.05, 4.69) is 20.5 Å². The lowest BCUT2D eigenvalue weighted by molar-refractivity contribution is -0.138. The van der Waals surface area contributed by atoms with Crippen molar-refractivity contribution in [1.29, 1.82) is 0 Å². The van der Waals surface area contributed by atoms with Gasteiger partial charge in [-0.05, 0) is 12.1 Å². The average molecular weight is 387 g/mol. The number of imidazole rings is 1. The molecule has 1 aromatic carbocycles. The van der Waals surface area contributed by atoms with Crippen molar-refractivity contribution >= 4 is 35.0 Å². The molecule has 10 heteroatoms. The van der Waals surface area contributed by atoms with E-state index in [4.69, 9.17) is 9.84 Å². The van der Waals surface area contributed by atoms with Gasteiger partial charge in [-0.25, -0.2) is 4.98 Å². The van der Waals surface area contributed by atoms with E-state index in [1.54, 1.807) is 12.5 Å². The van der Waals surface area contributed by atoms with Crippen molar-refractivity contribution in [3.05, 3.63) is 48.5 Å². The minimum atomic E-state index is -1.03. The molecule has 1 unspecified atom stereocenters. The maximum Gasteiger partial charge on any atom is 0.305 e. The zero-order valence-corrected chi connectivity index (χ0v) is 15.0. The summed E-state index contributed by atoms with van der Waals surface area (Å²) in [5, 5.41) is 18.8. The van der Waals surface area contributed by atoms with Crippen molar-refractivity contribution in [1.82, 2.24) is 14.9 Å². The second-order valence-electron chi connectivity index (χ2n) is 5.53. The fraction of sp³-hybridized carbons (Fsp3) is 0.235. The number of carboxylic acids is 1. The molecule has 0 spiro atoms. The summed E-state index contributed by atoms with van der Waals surface area (Å²) in [6, 6.07) is 7.38. The SMILES string of the molecule is O=C(O)CC1SC(=NN=Cc2ccccc2OCCn2ccnc2)NC1=O. The number of aliphatic carboxylic acids is 1. The van der Waals surface area contributed by atoms with Crippen LogP contribution in [0.5, 0.6) is 5.75 Å². The van der Waals surface area contributed by atoms with E-state index in [1.807, 2.05) is 35.0 Å². The van der Waals surface area contributed by atoms with Crippen molar-refractivity contribution in [2.45, 2.75) is 18.2 Å². The van der Waals surface area contributed by atoms with Gasteiger partial charge in [-0.2, -0.15) is 5.10 Å². The van der Waals surface area contributed by atoms with E-state index in [-0.39, 0.29) is 17.5 Å². The van der Waals surface area contributed by atoms with Crippen LogP contribution in [0.4, 0.5) is 0 Å². The van der Waals surface area contributed by atoms with Crippen LogP contribution in [0.15, 0.2) is 53.2 Å². The van der Waals surface area contributed by atoms with Gasteiger partial charge >= 0.3 is 5.97 Å². The number of hydrogen-bond acceptors (Lipinski definition) is 7. The predicted molar refractivity (Wildman–Crippen MR) is 101 cm³/mol. The molecule has 1 aliphatic rings. The van der Waals surface area contributed by atoms with Gasteiger partial charge in [0.1, 0.15) is 17.6 Å². The van der Waals surface area contributed by atoms with Crippen LogP contribution in [-0.4, -0.2) is 49.8 Å². The fourth-order valence-corrected chi connectivity index (χ4v) is 3.20. The van der Waals surface area contributed by atoms with Crippen LogP contribution >= 0.6 is 11.8 Å². The summed E-state index contributed by atoms with van der Waals surface area (Å²) in [7, 11) is 0. The standard InChI is InChI=1S/C17H17N5O4S/c23-15(24)9-14-16(25)20-17(27-14)21-19-10-12-3-1-2-4-13(12)26-8-7-22-6-5-18-11-22/h1-6,10-11,14H,7-9H2,(H,23,24)(H,20,21,25). The number of carbonyl (C=O) groups excluding carboxylic acids is 1. The number of nitrogens with zero attached hydrogens (tertiary/aromatic N) is 4. The number of amides is 1. The third-order valence-corrected chi connectivity index (χ3v) is 4.64. The summed E-state index contributed by atoms with van der Waals surface area (Å²) in [5.74, 6) is -0.748. The normalized spacial score (nSPS) is 18.1. The first-order valence-electron chi connectivity index (χ1n) is 8.10. The topological polar surface area (TPSA) is 118 Å². The second-order valence-corrected chi connectivity index (χ2v) is 6.72. The number of ether oxygens (including phenoxy) is 1. The Kier molecular flexibility index (Phi) is 6.21. The average Bonchev–Trinajstić information content (AvgIpc) is 3.26. The van der Waals surface area contributed by atoms with Gasteiger partial charge in [0, 0.05) is 18.0 Å². The molecule has 1 atom stereocenters. The Labute approximate surface area is 159 Å². The minimum absolute atomic E-state index is 0.257. The highest BCUT2D eigenvalue weighted by molar-refractivity contribution is 8.15. The Morgan fingerprint density at radius 1 is 1.44 bits per heavy atom. The number of thioether (sulfide) groups is 1. The molecule has 2 heterocycles. The van der Waals surface area contributed by atoms with Gasteiger partial charge in [-0.1, -0.05) is 23.9 Å². The number of hydrogen-bond donors (Lipinski definition) is 2. The van der Waals surface area contributed by atoms with Crippen LogP contribution < -0.4 is 10.1 Å². The first-order valence-corrected chi connectivity index (χ1v) is 8.97. The molecule has 0 saturated carbocycles. The summed E-state index contributed by atoms with van der Waals surface area (Å²) in [6.07, 6.45) is 6.56. The van der Waals surface area contributed by atoms with Crippen molar-refractivity contribution in [2.75, 3.05) is 6.61 Å². The maximum absolute atomic E-state index is 11.7. The third kappa shape index (κ3) is 5.42. The monoisotopic (exact) mass is 387 g/mol. The molecular weight excluding hydrogens is 370 g/mol. The Morgan fingerprint density at radius 2 is 2.30 bits per heavy atom. The van der Waals surface area contributed by atoms with Crippen LogP contribution in [0, 0.1) is 0 Å². The van der Waals surface area contributed by atoms with Crippen LogP contribution in [0.2, 0.25) is 0 Å². The Hall–Kier alpha value is -3.14. The van der Waals surface area contributed by atoms with Crippen LogP contribution in [0.1, 0.15) is 12.0 Å². The van der Waals surface area contributed by atoms with Crippen molar-refractivity contribution in [2.24, 2.45) is 10.2 Å². The van der Waals surface area contributed by atoms with Crippen LogP contribution in [-0.2, 0) is 16.1 Å². The first kappa shape index (κ1) is 18.6.